The average Bonchev–Trinajstić information content (AvgIpc) is 3.57. The third-order valence-electron chi connectivity index (χ3n) is 7.19. The van der Waals surface area contributed by atoms with Crippen molar-refractivity contribution in [3.63, 3.8) is 0 Å². The van der Waals surface area contributed by atoms with Gasteiger partial charge in [0.2, 0.25) is 15.9 Å². The van der Waals surface area contributed by atoms with Crippen LogP contribution in [0.3, 0.4) is 0 Å². The van der Waals surface area contributed by atoms with Gasteiger partial charge in [0.25, 0.3) is 5.91 Å². The van der Waals surface area contributed by atoms with Gasteiger partial charge in [-0.15, -0.1) is 0 Å². The highest BCUT2D eigenvalue weighted by Crippen LogP contribution is 2.26. The summed E-state index contributed by atoms with van der Waals surface area (Å²) in [6.07, 6.45) is 0. The summed E-state index contributed by atoms with van der Waals surface area (Å²) in [5.74, 6) is 0.495. The van der Waals surface area contributed by atoms with E-state index in [1.165, 1.54) is 13.8 Å². The zero-order valence-corrected chi connectivity index (χ0v) is 25.8. The highest BCUT2D eigenvalue weighted by molar-refractivity contribution is 7.89. The van der Waals surface area contributed by atoms with Gasteiger partial charge in [-0.3, -0.25) is 9.59 Å². The van der Waals surface area contributed by atoms with Crippen LogP contribution in [0.2, 0.25) is 0 Å². The number of sulfonamides is 1. The molecule has 0 unspecified atom stereocenters. The summed E-state index contributed by atoms with van der Waals surface area (Å²) in [5.41, 5.74) is 1.32. The smallest absolute Gasteiger partial charge is 0.251 e. The number of carbonyl (C=O) groups is 2. The summed E-state index contributed by atoms with van der Waals surface area (Å²) in [4.78, 5) is 31.2. The van der Waals surface area contributed by atoms with Crippen LogP contribution in [0, 0.1) is 19.8 Å². The number of carbonyl (C=O) groups excluding carboxylic acids is 2. The molecule has 2 amide bonds. The van der Waals surface area contributed by atoms with Gasteiger partial charge in [0, 0.05) is 24.2 Å². The van der Waals surface area contributed by atoms with Crippen LogP contribution in [0.25, 0.3) is 11.4 Å². The van der Waals surface area contributed by atoms with Crippen molar-refractivity contribution >= 4 is 21.8 Å². The number of hydrogen-bond donors (Lipinski definition) is 2. The first-order valence-corrected chi connectivity index (χ1v) is 15.7. The molecule has 2 aromatic carbocycles. The summed E-state index contributed by atoms with van der Waals surface area (Å²) in [6.45, 7) is 6.67. The molecule has 14 heteroatoms. The van der Waals surface area contributed by atoms with Gasteiger partial charge in [-0.1, -0.05) is 55.4 Å². The van der Waals surface area contributed by atoms with Crippen LogP contribution in [-0.4, -0.2) is 70.7 Å². The van der Waals surface area contributed by atoms with Crippen molar-refractivity contribution in [2.24, 2.45) is 5.92 Å². The number of amides is 2. The van der Waals surface area contributed by atoms with Crippen LogP contribution in [0.5, 0.6) is 5.75 Å². The summed E-state index contributed by atoms with van der Waals surface area (Å²) in [5, 5.41) is 14.2. The van der Waals surface area contributed by atoms with Crippen molar-refractivity contribution in [1.82, 2.24) is 34.9 Å². The van der Waals surface area contributed by atoms with Crippen molar-refractivity contribution in [3.05, 3.63) is 77.4 Å². The zero-order valence-electron chi connectivity index (χ0n) is 25.0. The Labute approximate surface area is 255 Å². The van der Waals surface area contributed by atoms with E-state index in [1.807, 2.05) is 44.2 Å². The first-order chi connectivity index (χ1) is 21.0. The standard InChI is InChI=1S/C30H35N7O6S/c1-19(2)26-29-33-28(22-9-6-5-7-10-22)34-37(29)15-16-42-24-12-8-11-23(17-24)30(39)31-13-14-36(18-25(38)32-26)44(40,41)27-20(3)35-43-21(27)4/h5-12,17,19,26H,13-16,18H2,1-4H3,(H,31,39)(H,32,38)/t26-/m0/s1. The lowest BCUT2D eigenvalue weighted by Crippen LogP contribution is -2.46. The second-order valence-electron chi connectivity index (χ2n) is 10.8. The van der Waals surface area contributed by atoms with Crippen LogP contribution in [0.4, 0.5) is 0 Å². The maximum Gasteiger partial charge on any atom is 0.251 e. The maximum absolute atomic E-state index is 13.8. The SMILES string of the molecule is Cc1noc(C)c1S(=O)(=O)N1CCNC(=O)c2cccc(c2)OCCn2nc(-c3ccccc3)nc2[C@H](C(C)C)NC(=O)C1. The van der Waals surface area contributed by atoms with E-state index < -0.39 is 34.4 Å². The maximum atomic E-state index is 13.8. The lowest BCUT2D eigenvalue weighted by Gasteiger charge is -2.25. The van der Waals surface area contributed by atoms with Gasteiger partial charge in [-0.25, -0.2) is 18.1 Å². The highest BCUT2D eigenvalue weighted by atomic mass is 32.2. The summed E-state index contributed by atoms with van der Waals surface area (Å²) in [7, 11) is -4.23. The molecule has 1 aliphatic rings. The van der Waals surface area contributed by atoms with Gasteiger partial charge >= 0.3 is 0 Å². The number of benzene rings is 2. The Kier molecular flexibility index (Phi) is 9.11. The first-order valence-electron chi connectivity index (χ1n) is 14.3. The van der Waals surface area contributed by atoms with Crippen LogP contribution < -0.4 is 15.4 Å². The molecule has 2 aromatic heterocycles. The molecule has 0 saturated heterocycles. The molecular weight excluding hydrogens is 586 g/mol. The quantitative estimate of drug-likeness (QED) is 0.349. The van der Waals surface area contributed by atoms with E-state index in [2.05, 4.69) is 15.8 Å². The Morgan fingerprint density at radius 3 is 2.45 bits per heavy atom. The van der Waals surface area contributed by atoms with Crippen molar-refractivity contribution < 1.29 is 27.3 Å². The van der Waals surface area contributed by atoms with Gasteiger partial charge in [0.1, 0.15) is 22.9 Å². The van der Waals surface area contributed by atoms with E-state index in [4.69, 9.17) is 19.3 Å². The van der Waals surface area contributed by atoms with E-state index in [1.54, 1.807) is 28.9 Å². The van der Waals surface area contributed by atoms with Gasteiger partial charge in [0.05, 0.1) is 19.1 Å². The molecule has 0 spiro atoms. The van der Waals surface area contributed by atoms with E-state index in [0.717, 1.165) is 9.87 Å². The number of fused-ring (bicyclic) bond motifs is 3. The van der Waals surface area contributed by atoms with Crippen LogP contribution in [-0.2, 0) is 21.4 Å². The Morgan fingerprint density at radius 2 is 1.75 bits per heavy atom. The Bertz CT molecular complexity index is 1730. The lowest BCUT2D eigenvalue weighted by atomic mass is 10.0. The monoisotopic (exact) mass is 621 g/mol. The van der Waals surface area contributed by atoms with Crippen LogP contribution in [0.15, 0.2) is 64.0 Å². The van der Waals surface area contributed by atoms with Crippen LogP contribution >= 0.6 is 0 Å². The molecule has 1 aliphatic heterocycles. The second kappa shape index (κ2) is 13.0. The minimum atomic E-state index is -4.23. The van der Waals surface area contributed by atoms with Crippen molar-refractivity contribution in [1.29, 1.82) is 0 Å². The fourth-order valence-corrected chi connectivity index (χ4v) is 6.68. The third-order valence-corrected chi connectivity index (χ3v) is 9.28. The summed E-state index contributed by atoms with van der Waals surface area (Å²) in [6, 6.07) is 15.6. The number of nitrogens with one attached hydrogen (secondary N) is 2. The summed E-state index contributed by atoms with van der Waals surface area (Å²) < 4.78 is 41.4. The highest BCUT2D eigenvalue weighted by Gasteiger charge is 2.34. The number of ether oxygens (including phenoxy) is 1. The average molecular weight is 622 g/mol. The molecule has 4 aromatic rings. The first kappa shape index (κ1) is 30.9. The van der Waals surface area contributed by atoms with E-state index >= 15 is 0 Å². The minimum absolute atomic E-state index is 0.0534. The molecule has 13 nitrogen and oxygen atoms in total. The molecular formula is C30H35N7O6S. The molecule has 44 heavy (non-hydrogen) atoms. The Morgan fingerprint density at radius 1 is 1.00 bits per heavy atom. The predicted molar refractivity (Wildman–Crippen MR) is 160 cm³/mol. The molecule has 0 fully saturated rings. The second-order valence-corrected chi connectivity index (χ2v) is 12.7. The van der Waals surface area contributed by atoms with Gasteiger partial charge in [-0.05, 0) is 38.0 Å². The van der Waals surface area contributed by atoms with Gasteiger partial charge < -0.3 is 19.9 Å². The topological polar surface area (TPSA) is 162 Å². The predicted octanol–water partition coefficient (Wildman–Crippen LogP) is 2.88. The molecule has 2 N–H and O–H groups in total. The number of hydrogen-bond acceptors (Lipinski definition) is 9. The fourth-order valence-electron chi connectivity index (χ4n) is 5.00. The van der Waals surface area contributed by atoms with Crippen LogP contribution in [0.1, 0.15) is 47.5 Å². The van der Waals surface area contributed by atoms with E-state index in [-0.39, 0.29) is 42.0 Å². The largest absolute Gasteiger partial charge is 0.492 e. The van der Waals surface area contributed by atoms with Crippen molar-refractivity contribution in [3.8, 4) is 17.1 Å². The van der Waals surface area contributed by atoms with E-state index in [9.17, 15) is 18.0 Å². The molecule has 2 bridgehead atoms. The fraction of sp³-hybridized carbons (Fsp3) is 0.367. The Hall–Kier alpha value is -4.56. The molecule has 5 rings (SSSR count). The summed E-state index contributed by atoms with van der Waals surface area (Å²) >= 11 is 0. The number of aryl methyl sites for hydroxylation is 2. The molecule has 232 valence electrons. The van der Waals surface area contributed by atoms with Crippen molar-refractivity contribution in [2.75, 3.05) is 26.2 Å². The van der Waals surface area contributed by atoms with Gasteiger partial charge in [0.15, 0.2) is 17.4 Å². The molecule has 0 aliphatic carbocycles. The van der Waals surface area contributed by atoms with Gasteiger partial charge in [-0.2, -0.15) is 9.40 Å². The minimum Gasteiger partial charge on any atom is -0.492 e. The molecule has 1 atom stereocenters. The van der Waals surface area contributed by atoms with E-state index in [0.29, 0.717) is 29.5 Å². The Balaban J connectivity index is 1.54. The molecule has 0 radical (unpaired) electrons. The molecule has 0 saturated carbocycles. The molecule has 3 heterocycles. The zero-order chi connectivity index (χ0) is 31.4. The lowest BCUT2D eigenvalue weighted by molar-refractivity contribution is -0.122. The number of aromatic nitrogens is 4. The normalized spacial score (nSPS) is 17.3. The number of nitrogens with zero attached hydrogens (tertiary/aromatic N) is 5. The van der Waals surface area contributed by atoms with Crippen molar-refractivity contribution in [2.45, 2.75) is 45.2 Å². The number of rotatable bonds is 4. The third kappa shape index (κ3) is 6.65.